The predicted molar refractivity (Wildman–Crippen MR) is 151 cm³/mol. The number of anilines is 2. The lowest BCUT2D eigenvalue weighted by Crippen LogP contribution is -2.33. The summed E-state index contributed by atoms with van der Waals surface area (Å²) in [6.45, 7) is -0.450. The number of fused-ring (bicyclic) bond motifs is 2. The van der Waals surface area contributed by atoms with E-state index in [0.29, 0.717) is 16.1 Å². The largest absolute Gasteiger partial charge is 0.508 e. The molecule has 3 atom stereocenters. The molecule has 1 aromatic heterocycles. The number of hydrogen-bond donors (Lipinski definition) is 2. The monoisotopic (exact) mass is 629 g/mol. The number of thiazole rings is 1. The molecule has 8 nitrogen and oxygen atoms in total. The second-order valence-corrected chi connectivity index (χ2v) is 12.0. The van der Waals surface area contributed by atoms with Gasteiger partial charge in [-0.2, -0.15) is 13.2 Å². The van der Waals surface area contributed by atoms with Crippen molar-refractivity contribution in [2.45, 2.75) is 28.9 Å². The Kier molecular flexibility index (Phi) is 7.13. The summed E-state index contributed by atoms with van der Waals surface area (Å²) in [5.41, 5.74) is -0.468. The summed E-state index contributed by atoms with van der Waals surface area (Å²) in [7, 11) is 0. The molecule has 3 heterocycles. The molecule has 2 N–H and O–H groups in total. The van der Waals surface area contributed by atoms with E-state index < -0.39 is 63.8 Å². The number of thioether (sulfide) groups is 1. The van der Waals surface area contributed by atoms with Gasteiger partial charge in [-0.3, -0.25) is 23.7 Å². The van der Waals surface area contributed by atoms with Gasteiger partial charge in [0.15, 0.2) is 0 Å². The van der Waals surface area contributed by atoms with Gasteiger partial charge in [-0.05, 0) is 60.2 Å². The molecule has 0 radical (unpaired) electrons. The van der Waals surface area contributed by atoms with Crippen LogP contribution in [0.25, 0.3) is 0 Å². The molecule has 220 valence electrons. The van der Waals surface area contributed by atoms with E-state index in [1.165, 1.54) is 47.0 Å². The third-order valence-corrected chi connectivity index (χ3v) is 9.77. The predicted octanol–water partition coefficient (Wildman–Crippen LogP) is 5.21. The highest BCUT2D eigenvalue weighted by atomic mass is 32.2. The van der Waals surface area contributed by atoms with Crippen molar-refractivity contribution in [3.8, 4) is 5.75 Å². The summed E-state index contributed by atoms with van der Waals surface area (Å²) < 4.78 is 54.8. The van der Waals surface area contributed by atoms with Crippen LogP contribution < -0.4 is 15.1 Å². The summed E-state index contributed by atoms with van der Waals surface area (Å²) in [6, 6.07) is 14.8. The van der Waals surface area contributed by atoms with Gasteiger partial charge in [0.2, 0.25) is 17.7 Å². The van der Waals surface area contributed by atoms with Crippen molar-refractivity contribution < 1.29 is 37.1 Å². The third-order valence-electron chi connectivity index (χ3n) is 7.16. The number of carbonyl (C=O) groups excluding carboxylic acids is 3. The maximum Gasteiger partial charge on any atom is 0.416 e. The molecule has 1 saturated heterocycles. The lowest BCUT2D eigenvalue weighted by atomic mass is 9.83. The zero-order chi connectivity index (χ0) is 30.6. The summed E-state index contributed by atoms with van der Waals surface area (Å²) in [5, 5.41) is 11.6. The minimum absolute atomic E-state index is 0.0617. The molecule has 2 aliphatic heterocycles. The van der Waals surface area contributed by atoms with E-state index >= 15 is 0 Å². The lowest BCUT2D eigenvalue weighted by Gasteiger charge is -2.30. The second-order valence-electron chi connectivity index (χ2n) is 9.87. The van der Waals surface area contributed by atoms with Gasteiger partial charge in [0.1, 0.15) is 23.4 Å². The van der Waals surface area contributed by atoms with E-state index in [9.17, 15) is 41.8 Å². The number of alkyl halides is 3. The summed E-state index contributed by atoms with van der Waals surface area (Å²) >= 11 is 1.70. The zero-order valence-electron chi connectivity index (χ0n) is 21.7. The first-order valence-electron chi connectivity index (χ1n) is 12.7. The standard InChI is InChI=1S/C29H19F4N3O5S2/c30-16-6-8-17(9-7-16)34-20(38)13-35-27-24(43-28(35)41)21(14-4-10-19(37)11-5-14)22-23(42-27)26(40)36(25(22)39)18-3-1-2-15(12-18)29(31,32)33/h1-12,21-23,37H,13H2,(H,34,38)/t21-,22+,23-/m0/s1. The van der Waals surface area contributed by atoms with Gasteiger partial charge in [-0.15, -0.1) is 0 Å². The first-order valence-corrected chi connectivity index (χ1v) is 14.4. The number of phenolic OH excluding ortho intramolecular Hbond substituents is 1. The number of aromatic nitrogens is 1. The molecule has 0 aliphatic carbocycles. The zero-order valence-corrected chi connectivity index (χ0v) is 23.3. The normalized spacial score (nSPS) is 19.7. The van der Waals surface area contributed by atoms with Crippen LogP contribution >= 0.6 is 23.1 Å². The maximum absolute atomic E-state index is 13.9. The van der Waals surface area contributed by atoms with Gasteiger partial charge >= 0.3 is 11.0 Å². The summed E-state index contributed by atoms with van der Waals surface area (Å²) in [6.07, 6.45) is -4.70. The fraction of sp³-hybridized carbons (Fsp3) is 0.172. The van der Waals surface area contributed by atoms with Gasteiger partial charge in [-0.25, -0.2) is 9.29 Å². The molecule has 14 heteroatoms. The third kappa shape index (κ3) is 5.20. The molecule has 3 aromatic carbocycles. The number of halogens is 4. The molecule has 0 unspecified atom stereocenters. The number of hydrogen-bond acceptors (Lipinski definition) is 7. The molecule has 0 saturated carbocycles. The Hall–Kier alpha value is -4.43. The average molecular weight is 630 g/mol. The van der Waals surface area contributed by atoms with E-state index in [-0.39, 0.29) is 16.5 Å². The van der Waals surface area contributed by atoms with Crippen molar-refractivity contribution in [1.29, 1.82) is 0 Å². The molecule has 0 bridgehead atoms. The van der Waals surface area contributed by atoms with E-state index in [1.54, 1.807) is 0 Å². The number of nitrogens with zero attached hydrogens (tertiary/aromatic N) is 2. The van der Waals surface area contributed by atoms with Crippen molar-refractivity contribution in [2.75, 3.05) is 10.2 Å². The Morgan fingerprint density at radius 1 is 0.953 bits per heavy atom. The van der Waals surface area contributed by atoms with Crippen molar-refractivity contribution in [3.63, 3.8) is 0 Å². The molecule has 4 aromatic rings. The molecule has 1 fully saturated rings. The Morgan fingerprint density at radius 2 is 1.65 bits per heavy atom. The van der Waals surface area contributed by atoms with E-state index in [4.69, 9.17) is 0 Å². The Balaban J connectivity index is 1.40. The van der Waals surface area contributed by atoms with Crippen LogP contribution in [0.5, 0.6) is 5.75 Å². The van der Waals surface area contributed by atoms with Crippen molar-refractivity contribution in [1.82, 2.24) is 4.57 Å². The van der Waals surface area contributed by atoms with Crippen LogP contribution in [0.1, 0.15) is 21.9 Å². The van der Waals surface area contributed by atoms with Crippen molar-refractivity contribution in [3.05, 3.63) is 104 Å². The lowest BCUT2D eigenvalue weighted by molar-refractivity contribution is -0.137. The van der Waals surface area contributed by atoms with Gasteiger partial charge in [0.05, 0.1) is 22.2 Å². The number of phenols is 1. The Labute approximate surface area is 248 Å². The minimum Gasteiger partial charge on any atom is -0.508 e. The molecule has 43 heavy (non-hydrogen) atoms. The smallest absolute Gasteiger partial charge is 0.416 e. The highest BCUT2D eigenvalue weighted by Gasteiger charge is 2.57. The summed E-state index contributed by atoms with van der Waals surface area (Å²) in [5.74, 6) is -4.59. The highest BCUT2D eigenvalue weighted by molar-refractivity contribution is 8.00. The van der Waals surface area contributed by atoms with Crippen LogP contribution in [0.4, 0.5) is 28.9 Å². The second kappa shape index (κ2) is 10.7. The van der Waals surface area contributed by atoms with Gasteiger partial charge < -0.3 is 10.4 Å². The highest BCUT2D eigenvalue weighted by Crippen LogP contribution is 2.54. The fourth-order valence-corrected chi connectivity index (χ4v) is 8.02. The van der Waals surface area contributed by atoms with Gasteiger partial charge in [0.25, 0.3) is 0 Å². The van der Waals surface area contributed by atoms with Crippen LogP contribution in [0, 0.1) is 11.7 Å². The molecular weight excluding hydrogens is 610 g/mol. The number of imide groups is 1. The molecule has 3 amide bonds. The van der Waals surface area contributed by atoms with Gasteiger partial charge in [-0.1, -0.05) is 41.3 Å². The van der Waals surface area contributed by atoms with Crippen molar-refractivity contribution in [2.24, 2.45) is 5.92 Å². The number of rotatable bonds is 5. The number of amides is 3. The number of benzene rings is 3. The first-order chi connectivity index (χ1) is 20.4. The van der Waals surface area contributed by atoms with E-state index in [0.717, 1.165) is 58.3 Å². The maximum atomic E-state index is 13.9. The summed E-state index contributed by atoms with van der Waals surface area (Å²) in [4.78, 5) is 54.3. The number of carbonyl (C=O) groups is 3. The quantitative estimate of drug-likeness (QED) is 0.232. The number of nitrogens with one attached hydrogen (secondary N) is 1. The van der Waals surface area contributed by atoms with Gasteiger partial charge in [0, 0.05) is 16.5 Å². The fourth-order valence-electron chi connectivity index (χ4n) is 5.25. The molecule has 6 rings (SSSR count). The average Bonchev–Trinajstić information content (AvgIpc) is 3.40. The minimum atomic E-state index is -4.70. The van der Waals surface area contributed by atoms with Crippen LogP contribution in [0.15, 0.2) is 82.6 Å². The SMILES string of the molecule is O=C(Cn1c2c(sc1=O)[C@@H](c1ccc(O)cc1)[C@H]1C(=O)N(c3cccc(C(F)(F)F)c3)C(=O)[C@H]1S2)Nc1ccc(F)cc1. The van der Waals surface area contributed by atoms with Crippen LogP contribution in [-0.2, 0) is 27.1 Å². The number of aromatic hydroxyl groups is 1. The molecule has 2 aliphatic rings. The topological polar surface area (TPSA) is 109 Å². The molecule has 0 spiro atoms. The van der Waals surface area contributed by atoms with Crippen LogP contribution in [-0.4, -0.2) is 32.6 Å². The Morgan fingerprint density at radius 3 is 2.33 bits per heavy atom. The Bertz CT molecular complexity index is 1820. The van der Waals surface area contributed by atoms with E-state index in [1.807, 2.05) is 0 Å². The molecular formula is C29H19F4N3O5S2. The van der Waals surface area contributed by atoms with E-state index in [2.05, 4.69) is 5.32 Å². The van der Waals surface area contributed by atoms with Crippen molar-refractivity contribution >= 4 is 52.2 Å². The van der Waals surface area contributed by atoms with Crippen LogP contribution in [0.3, 0.4) is 0 Å². The van der Waals surface area contributed by atoms with Crippen LogP contribution in [0.2, 0.25) is 0 Å². The first kappa shape index (κ1) is 28.7.